The zero-order valence-electron chi connectivity index (χ0n) is 8.41. The number of aliphatic hydroxyl groups excluding tert-OH is 2. The average molecular weight is 239 g/mol. The van der Waals surface area contributed by atoms with Gasteiger partial charge in [0.15, 0.2) is 0 Å². The van der Waals surface area contributed by atoms with Gasteiger partial charge in [-0.15, -0.1) is 0 Å². The number of rotatable bonds is 4. The summed E-state index contributed by atoms with van der Waals surface area (Å²) in [5.74, 6) is -0.633. The topological polar surface area (TPSA) is 98.1 Å². The SMILES string of the molecule is O=S(=O)(O)CC(O)CN1CCC(O)CC1. The number of aliphatic hydroxyl groups is 2. The Morgan fingerprint density at radius 3 is 2.33 bits per heavy atom. The molecule has 15 heavy (non-hydrogen) atoms. The van der Waals surface area contributed by atoms with Crippen LogP contribution >= 0.6 is 0 Å². The highest BCUT2D eigenvalue weighted by Gasteiger charge is 2.21. The molecule has 1 atom stereocenters. The van der Waals surface area contributed by atoms with Gasteiger partial charge in [-0.1, -0.05) is 0 Å². The van der Waals surface area contributed by atoms with Crippen LogP contribution in [0.5, 0.6) is 0 Å². The quantitative estimate of drug-likeness (QED) is 0.527. The van der Waals surface area contributed by atoms with Crippen molar-refractivity contribution in [1.29, 1.82) is 0 Å². The summed E-state index contributed by atoms with van der Waals surface area (Å²) >= 11 is 0. The van der Waals surface area contributed by atoms with Gasteiger partial charge in [0, 0.05) is 19.6 Å². The molecule has 7 heteroatoms. The summed E-state index contributed by atoms with van der Waals surface area (Å²) in [6, 6.07) is 0. The largest absolute Gasteiger partial charge is 0.393 e. The van der Waals surface area contributed by atoms with Crippen LogP contribution in [0.4, 0.5) is 0 Å². The summed E-state index contributed by atoms with van der Waals surface area (Å²) in [5, 5.41) is 18.6. The van der Waals surface area contributed by atoms with E-state index < -0.39 is 22.0 Å². The second kappa shape index (κ2) is 5.22. The zero-order chi connectivity index (χ0) is 11.5. The number of β-amino-alcohol motifs (C(OH)–C–C–N with tert-alkyl or cyclic N) is 1. The van der Waals surface area contributed by atoms with Crippen LogP contribution in [0.3, 0.4) is 0 Å². The van der Waals surface area contributed by atoms with E-state index in [9.17, 15) is 18.6 Å². The summed E-state index contributed by atoms with van der Waals surface area (Å²) in [4.78, 5) is 1.88. The van der Waals surface area contributed by atoms with Crippen molar-refractivity contribution in [3.8, 4) is 0 Å². The molecule has 1 aliphatic rings. The molecule has 0 aliphatic carbocycles. The lowest BCUT2D eigenvalue weighted by molar-refractivity contribution is 0.0564. The van der Waals surface area contributed by atoms with Gasteiger partial charge in [0.1, 0.15) is 5.75 Å². The first-order valence-electron chi connectivity index (χ1n) is 4.90. The van der Waals surface area contributed by atoms with E-state index in [2.05, 4.69) is 0 Å². The van der Waals surface area contributed by atoms with Gasteiger partial charge in [-0.05, 0) is 12.8 Å². The molecular weight excluding hydrogens is 222 g/mol. The molecule has 1 heterocycles. The van der Waals surface area contributed by atoms with Gasteiger partial charge in [-0.25, -0.2) is 0 Å². The minimum Gasteiger partial charge on any atom is -0.393 e. The molecule has 0 saturated carbocycles. The van der Waals surface area contributed by atoms with Crippen LogP contribution in [-0.4, -0.2) is 65.7 Å². The maximum absolute atomic E-state index is 10.5. The molecule has 90 valence electrons. The first-order valence-corrected chi connectivity index (χ1v) is 6.51. The van der Waals surface area contributed by atoms with Crippen molar-refractivity contribution in [3.05, 3.63) is 0 Å². The molecule has 1 rings (SSSR count). The van der Waals surface area contributed by atoms with Crippen molar-refractivity contribution >= 4 is 10.1 Å². The lowest BCUT2D eigenvalue weighted by atomic mass is 10.1. The molecule has 0 aromatic carbocycles. The molecule has 1 unspecified atom stereocenters. The fourth-order valence-electron chi connectivity index (χ4n) is 1.70. The third-order valence-corrected chi connectivity index (χ3v) is 3.24. The van der Waals surface area contributed by atoms with Crippen LogP contribution in [-0.2, 0) is 10.1 Å². The van der Waals surface area contributed by atoms with Crippen molar-refractivity contribution in [2.45, 2.75) is 25.0 Å². The number of nitrogens with zero attached hydrogens (tertiary/aromatic N) is 1. The van der Waals surface area contributed by atoms with Crippen molar-refractivity contribution in [1.82, 2.24) is 4.90 Å². The van der Waals surface area contributed by atoms with Gasteiger partial charge >= 0.3 is 0 Å². The van der Waals surface area contributed by atoms with Crippen molar-refractivity contribution in [3.63, 3.8) is 0 Å². The van der Waals surface area contributed by atoms with Crippen LogP contribution in [0, 0.1) is 0 Å². The minimum atomic E-state index is -4.11. The van der Waals surface area contributed by atoms with Crippen molar-refractivity contribution in [2.24, 2.45) is 0 Å². The van der Waals surface area contributed by atoms with Gasteiger partial charge in [0.05, 0.1) is 12.2 Å². The zero-order valence-corrected chi connectivity index (χ0v) is 9.23. The van der Waals surface area contributed by atoms with Crippen LogP contribution in [0.25, 0.3) is 0 Å². The molecule has 0 aromatic heterocycles. The molecule has 3 N–H and O–H groups in total. The highest BCUT2D eigenvalue weighted by Crippen LogP contribution is 2.10. The van der Waals surface area contributed by atoms with Gasteiger partial charge in [-0.2, -0.15) is 8.42 Å². The number of piperidine rings is 1. The summed E-state index contributed by atoms with van der Waals surface area (Å²) in [6.45, 7) is 1.50. The van der Waals surface area contributed by atoms with E-state index in [0.717, 1.165) is 0 Å². The first kappa shape index (κ1) is 12.9. The fraction of sp³-hybridized carbons (Fsp3) is 1.00. The molecule has 6 nitrogen and oxygen atoms in total. The third kappa shape index (κ3) is 5.43. The Kier molecular flexibility index (Phi) is 4.47. The Balaban J connectivity index is 2.29. The Hall–Kier alpha value is -0.210. The molecule has 0 radical (unpaired) electrons. The highest BCUT2D eigenvalue weighted by molar-refractivity contribution is 7.85. The minimum absolute atomic E-state index is 0.215. The Bertz CT molecular complexity index is 283. The highest BCUT2D eigenvalue weighted by atomic mass is 32.2. The van der Waals surface area contributed by atoms with Gasteiger partial charge < -0.3 is 15.1 Å². The van der Waals surface area contributed by atoms with E-state index in [1.54, 1.807) is 0 Å². The standard InChI is InChI=1S/C8H17NO5S/c10-7-1-3-9(4-2-7)5-8(11)6-15(12,13)14/h7-8,10-11H,1-6H2,(H,12,13,14). The van der Waals surface area contributed by atoms with Gasteiger partial charge in [0.2, 0.25) is 0 Å². The van der Waals surface area contributed by atoms with Gasteiger partial charge in [0.25, 0.3) is 10.1 Å². The molecule has 0 spiro atoms. The maximum Gasteiger partial charge on any atom is 0.267 e. The molecule has 0 amide bonds. The number of hydrogen-bond donors (Lipinski definition) is 3. The summed E-state index contributed by atoms with van der Waals surface area (Å²) in [5.41, 5.74) is 0. The van der Waals surface area contributed by atoms with E-state index in [-0.39, 0.29) is 12.6 Å². The Morgan fingerprint density at radius 2 is 1.87 bits per heavy atom. The molecule has 1 aliphatic heterocycles. The van der Waals surface area contributed by atoms with Crippen molar-refractivity contribution < 1.29 is 23.2 Å². The van der Waals surface area contributed by atoms with E-state index in [1.807, 2.05) is 4.90 Å². The fourth-order valence-corrected chi connectivity index (χ4v) is 2.29. The molecular formula is C8H17NO5S. The number of likely N-dealkylation sites (tertiary alicyclic amines) is 1. The predicted octanol–water partition coefficient (Wildman–Crippen LogP) is -1.31. The average Bonchev–Trinajstić information content (AvgIpc) is 2.05. The van der Waals surface area contributed by atoms with E-state index >= 15 is 0 Å². The van der Waals surface area contributed by atoms with Crippen LogP contribution < -0.4 is 0 Å². The predicted molar refractivity (Wildman–Crippen MR) is 54.1 cm³/mol. The van der Waals surface area contributed by atoms with E-state index in [1.165, 1.54) is 0 Å². The molecule has 0 bridgehead atoms. The Morgan fingerprint density at radius 1 is 1.33 bits per heavy atom. The summed E-state index contributed by atoms with van der Waals surface area (Å²) in [6.07, 6.45) is -0.0906. The van der Waals surface area contributed by atoms with Crippen LogP contribution in [0.15, 0.2) is 0 Å². The van der Waals surface area contributed by atoms with E-state index in [4.69, 9.17) is 4.55 Å². The third-order valence-electron chi connectivity index (χ3n) is 2.43. The summed E-state index contributed by atoms with van der Waals surface area (Å²) in [7, 11) is -4.11. The van der Waals surface area contributed by atoms with Crippen LogP contribution in [0.1, 0.15) is 12.8 Å². The normalized spacial score (nSPS) is 22.9. The second-order valence-corrected chi connectivity index (χ2v) is 5.43. The monoisotopic (exact) mass is 239 g/mol. The van der Waals surface area contributed by atoms with Crippen LogP contribution in [0.2, 0.25) is 0 Å². The number of hydrogen-bond acceptors (Lipinski definition) is 5. The van der Waals surface area contributed by atoms with Gasteiger partial charge in [-0.3, -0.25) is 4.55 Å². The lowest BCUT2D eigenvalue weighted by Gasteiger charge is -2.30. The maximum atomic E-state index is 10.5. The molecule has 1 saturated heterocycles. The lowest BCUT2D eigenvalue weighted by Crippen LogP contribution is -2.42. The van der Waals surface area contributed by atoms with E-state index in [0.29, 0.717) is 25.9 Å². The van der Waals surface area contributed by atoms with Crippen molar-refractivity contribution in [2.75, 3.05) is 25.4 Å². The molecule has 1 fully saturated rings. The second-order valence-electron chi connectivity index (χ2n) is 3.93. The smallest absolute Gasteiger partial charge is 0.267 e. The molecule has 0 aromatic rings. The first-order chi connectivity index (χ1) is 6.87. The Labute approximate surface area is 89.3 Å². The summed E-state index contributed by atoms with van der Waals surface area (Å²) < 4.78 is 29.5.